The second-order valence-electron chi connectivity index (χ2n) is 9.97. The summed E-state index contributed by atoms with van der Waals surface area (Å²) in [6.07, 6.45) is 9.41. The first-order valence-corrected chi connectivity index (χ1v) is 12.1. The number of nitrogens with zero attached hydrogens (tertiary/aromatic N) is 2. The number of rotatable bonds is 9. The topological polar surface area (TPSA) is 96.4 Å². The number of hydrogen-bond donors (Lipinski definition) is 1. The number of carbonyl (C=O) groups excluding carboxylic acids is 3. The van der Waals surface area contributed by atoms with E-state index >= 15 is 0 Å². The molecule has 33 heavy (non-hydrogen) atoms. The van der Waals surface area contributed by atoms with E-state index in [-0.39, 0.29) is 37.6 Å². The van der Waals surface area contributed by atoms with Crippen LogP contribution in [0, 0.1) is 11.8 Å². The Labute approximate surface area is 195 Å². The van der Waals surface area contributed by atoms with Crippen LogP contribution in [-0.4, -0.2) is 82.3 Å². The lowest BCUT2D eigenvalue weighted by atomic mass is 9.66. The Bertz CT molecular complexity index is 824. The van der Waals surface area contributed by atoms with Crippen molar-refractivity contribution in [2.75, 3.05) is 26.3 Å². The lowest BCUT2D eigenvalue weighted by Crippen LogP contribution is -2.58. The van der Waals surface area contributed by atoms with Crippen molar-refractivity contribution in [3.8, 4) is 0 Å². The van der Waals surface area contributed by atoms with Crippen LogP contribution in [0.15, 0.2) is 25.3 Å². The molecular weight excluding hydrogens is 424 g/mol. The van der Waals surface area contributed by atoms with Gasteiger partial charge in [-0.05, 0) is 32.6 Å². The van der Waals surface area contributed by atoms with Crippen LogP contribution < -0.4 is 0 Å². The molecule has 0 aromatic heterocycles. The fraction of sp³-hybridized carbons (Fsp3) is 0.720. The SMILES string of the molecule is C=CCOC(=O)[C@@H]1[C@H]2C(=O)N(CCO)C(C(=O)N(CC=C)C3CCCCC3)C23CC[C@@]1(C)O3. The van der Waals surface area contributed by atoms with Gasteiger partial charge in [-0.1, -0.05) is 38.0 Å². The standard InChI is InChI=1S/C25H36N2O6/c1-4-13-26(17-9-7-6-8-10-17)22(30)20-25-12-11-24(3,33-25)19(23(31)32-16-5-2)18(25)21(29)27(20)14-15-28/h4-5,17-20,28H,1-2,6-16H2,3H3/t18-,19-,20?,24+,25?/m0/s1. The third-order valence-corrected chi connectivity index (χ3v) is 8.07. The Balaban J connectivity index is 1.72. The molecule has 4 fully saturated rings. The molecule has 3 aliphatic heterocycles. The van der Waals surface area contributed by atoms with E-state index in [0.29, 0.717) is 19.4 Å². The molecule has 5 atom stereocenters. The van der Waals surface area contributed by atoms with E-state index in [1.807, 2.05) is 11.8 Å². The fourth-order valence-corrected chi connectivity index (χ4v) is 6.75. The van der Waals surface area contributed by atoms with Crippen molar-refractivity contribution in [3.05, 3.63) is 25.3 Å². The summed E-state index contributed by atoms with van der Waals surface area (Å²) in [6, 6.07) is -0.781. The van der Waals surface area contributed by atoms with Gasteiger partial charge in [-0.15, -0.1) is 6.58 Å². The maximum atomic E-state index is 14.1. The highest BCUT2D eigenvalue weighted by Gasteiger charge is 2.78. The van der Waals surface area contributed by atoms with Gasteiger partial charge in [0.1, 0.15) is 24.2 Å². The number of aliphatic hydroxyl groups excluding tert-OH is 1. The van der Waals surface area contributed by atoms with E-state index in [0.717, 1.165) is 32.1 Å². The summed E-state index contributed by atoms with van der Waals surface area (Å²) in [7, 11) is 0. The van der Waals surface area contributed by atoms with Crippen LogP contribution in [0.1, 0.15) is 51.9 Å². The van der Waals surface area contributed by atoms with E-state index in [2.05, 4.69) is 13.2 Å². The van der Waals surface area contributed by atoms with Crippen LogP contribution in [0.3, 0.4) is 0 Å². The molecule has 1 aliphatic carbocycles. The smallest absolute Gasteiger partial charge is 0.313 e. The molecule has 8 nitrogen and oxygen atoms in total. The highest BCUT2D eigenvalue weighted by atomic mass is 16.6. The molecule has 3 heterocycles. The molecule has 3 saturated heterocycles. The van der Waals surface area contributed by atoms with Crippen molar-refractivity contribution < 1.29 is 29.0 Å². The van der Waals surface area contributed by atoms with E-state index in [4.69, 9.17) is 9.47 Å². The number of fused-ring (bicyclic) bond motifs is 1. The van der Waals surface area contributed by atoms with Gasteiger partial charge in [0.25, 0.3) is 0 Å². The monoisotopic (exact) mass is 460 g/mol. The molecule has 4 rings (SSSR count). The van der Waals surface area contributed by atoms with Crippen molar-refractivity contribution in [3.63, 3.8) is 0 Å². The molecule has 0 radical (unpaired) electrons. The van der Waals surface area contributed by atoms with Gasteiger partial charge in [-0.3, -0.25) is 14.4 Å². The van der Waals surface area contributed by atoms with Crippen LogP contribution in [0.4, 0.5) is 0 Å². The zero-order chi connectivity index (χ0) is 23.8. The summed E-state index contributed by atoms with van der Waals surface area (Å²) in [5.41, 5.74) is -1.96. The minimum absolute atomic E-state index is 0.0224. The van der Waals surface area contributed by atoms with Gasteiger partial charge in [0.2, 0.25) is 11.8 Å². The number of likely N-dealkylation sites (tertiary alicyclic amines) is 1. The minimum Gasteiger partial charge on any atom is -0.461 e. The number of carbonyl (C=O) groups is 3. The first-order valence-electron chi connectivity index (χ1n) is 12.1. The number of amides is 2. The van der Waals surface area contributed by atoms with Crippen LogP contribution >= 0.6 is 0 Å². The molecule has 8 heteroatoms. The maximum absolute atomic E-state index is 14.1. The average Bonchev–Trinajstić information content (AvgIpc) is 3.37. The second kappa shape index (κ2) is 9.22. The number of esters is 1. The molecule has 1 N–H and O–H groups in total. The predicted molar refractivity (Wildman–Crippen MR) is 121 cm³/mol. The summed E-state index contributed by atoms with van der Waals surface area (Å²) < 4.78 is 11.9. The first-order chi connectivity index (χ1) is 15.8. The fourth-order valence-electron chi connectivity index (χ4n) is 6.75. The molecule has 1 saturated carbocycles. The van der Waals surface area contributed by atoms with Gasteiger partial charge in [0, 0.05) is 19.1 Å². The maximum Gasteiger partial charge on any atom is 0.313 e. The molecule has 182 valence electrons. The molecule has 2 amide bonds. The minimum atomic E-state index is -1.09. The highest BCUT2D eigenvalue weighted by molar-refractivity contribution is 5.98. The second-order valence-corrected chi connectivity index (χ2v) is 9.97. The third-order valence-electron chi connectivity index (χ3n) is 8.07. The lowest BCUT2D eigenvalue weighted by Gasteiger charge is -2.40. The predicted octanol–water partition coefficient (Wildman–Crippen LogP) is 1.82. The molecule has 2 unspecified atom stereocenters. The van der Waals surface area contributed by atoms with Crippen LogP contribution in [0.2, 0.25) is 0 Å². The Morgan fingerprint density at radius 1 is 1.24 bits per heavy atom. The molecule has 2 bridgehead atoms. The summed E-state index contributed by atoms with van der Waals surface area (Å²) in [6.45, 7) is 9.47. The van der Waals surface area contributed by atoms with Crippen molar-refractivity contribution in [2.45, 2.75) is 75.2 Å². The van der Waals surface area contributed by atoms with Crippen molar-refractivity contribution in [1.82, 2.24) is 9.80 Å². The van der Waals surface area contributed by atoms with Crippen molar-refractivity contribution >= 4 is 17.8 Å². The van der Waals surface area contributed by atoms with Crippen LogP contribution in [0.25, 0.3) is 0 Å². The number of hydrogen-bond acceptors (Lipinski definition) is 6. The van der Waals surface area contributed by atoms with E-state index in [1.54, 1.807) is 6.08 Å². The average molecular weight is 461 g/mol. The van der Waals surface area contributed by atoms with Gasteiger partial charge in [0.15, 0.2) is 0 Å². The molecule has 0 aromatic rings. The normalized spacial score (nSPS) is 35.4. The van der Waals surface area contributed by atoms with Crippen LogP contribution in [-0.2, 0) is 23.9 Å². The summed E-state index contributed by atoms with van der Waals surface area (Å²) in [4.78, 5) is 44.1. The Hall–Kier alpha value is -2.19. The lowest BCUT2D eigenvalue weighted by molar-refractivity contribution is -0.160. The Morgan fingerprint density at radius 3 is 2.61 bits per heavy atom. The van der Waals surface area contributed by atoms with E-state index in [1.165, 1.54) is 11.0 Å². The van der Waals surface area contributed by atoms with Gasteiger partial charge in [0.05, 0.1) is 18.1 Å². The number of aliphatic hydroxyl groups is 1. The van der Waals surface area contributed by atoms with Crippen LogP contribution in [0.5, 0.6) is 0 Å². The summed E-state index contributed by atoms with van der Waals surface area (Å²) in [5.74, 6) is -2.57. The number of ether oxygens (including phenoxy) is 2. The molecular formula is C25H36N2O6. The van der Waals surface area contributed by atoms with Gasteiger partial charge >= 0.3 is 5.97 Å². The molecule has 4 aliphatic rings. The Morgan fingerprint density at radius 2 is 1.97 bits per heavy atom. The van der Waals surface area contributed by atoms with Crippen molar-refractivity contribution in [1.29, 1.82) is 0 Å². The quantitative estimate of drug-likeness (QED) is 0.417. The van der Waals surface area contributed by atoms with Gasteiger partial charge in [-0.2, -0.15) is 0 Å². The highest BCUT2D eigenvalue weighted by Crippen LogP contribution is 2.63. The first kappa shape index (κ1) is 24.0. The zero-order valence-corrected chi connectivity index (χ0v) is 19.5. The van der Waals surface area contributed by atoms with Crippen molar-refractivity contribution in [2.24, 2.45) is 11.8 Å². The van der Waals surface area contributed by atoms with E-state index < -0.39 is 35.0 Å². The van der Waals surface area contributed by atoms with Gasteiger partial charge in [-0.25, -0.2) is 0 Å². The largest absolute Gasteiger partial charge is 0.461 e. The third kappa shape index (κ3) is 3.71. The zero-order valence-electron chi connectivity index (χ0n) is 19.5. The Kier molecular flexibility index (Phi) is 6.69. The van der Waals surface area contributed by atoms with Gasteiger partial charge < -0.3 is 24.4 Å². The molecule has 1 spiro atoms. The summed E-state index contributed by atoms with van der Waals surface area (Å²) in [5, 5.41) is 9.73. The number of β-amino-alcohol motifs (C(OH)–C–C–N with tert-alkyl or cyclic N) is 1. The molecule has 0 aromatic carbocycles. The summed E-state index contributed by atoms with van der Waals surface area (Å²) >= 11 is 0. The van der Waals surface area contributed by atoms with E-state index in [9.17, 15) is 19.5 Å².